The number of ether oxygens (including phenoxy) is 4. The van der Waals surface area contributed by atoms with E-state index in [0.717, 1.165) is 51.4 Å². The lowest BCUT2D eigenvalue weighted by molar-refractivity contribution is -0.297. The number of hydrogen-bond acceptors (Lipinski definition) is 11. The maximum absolute atomic E-state index is 12.9. The molecule has 0 amide bonds. The number of aliphatic hydroxyl groups is 3. The fourth-order valence-electron chi connectivity index (χ4n) is 8.26. The van der Waals surface area contributed by atoms with Gasteiger partial charge >= 0.3 is 11.9 Å². The predicted octanol–water partition coefficient (Wildman–Crippen LogP) is 11.8. The molecule has 1 saturated heterocycles. The van der Waals surface area contributed by atoms with Gasteiger partial charge in [-0.25, -0.2) is 0 Å². The van der Waals surface area contributed by atoms with Gasteiger partial charge in [0.05, 0.1) is 6.61 Å². The Morgan fingerprint density at radius 1 is 0.516 bits per heavy atom. The van der Waals surface area contributed by atoms with Crippen molar-refractivity contribution in [2.24, 2.45) is 0 Å². The molecule has 13 heteroatoms. The summed E-state index contributed by atoms with van der Waals surface area (Å²) < 4.78 is 54.3. The van der Waals surface area contributed by atoms with Crippen molar-refractivity contribution in [3.63, 3.8) is 0 Å². The maximum Gasteiger partial charge on any atom is 0.306 e. The largest absolute Gasteiger partial charge is 0.462 e. The molecule has 0 aromatic rings. The first-order valence-corrected chi connectivity index (χ1v) is 27.9. The zero-order valence-corrected chi connectivity index (χ0v) is 41.5. The smallest absolute Gasteiger partial charge is 0.306 e. The van der Waals surface area contributed by atoms with Crippen LogP contribution in [0.5, 0.6) is 0 Å². The van der Waals surface area contributed by atoms with E-state index in [-0.39, 0.29) is 19.4 Å². The van der Waals surface area contributed by atoms with Crippen LogP contribution in [0, 0.1) is 0 Å². The van der Waals surface area contributed by atoms with Gasteiger partial charge in [0.2, 0.25) is 0 Å². The fourth-order valence-corrected chi connectivity index (χ4v) is 8.95. The van der Waals surface area contributed by atoms with Gasteiger partial charge in [-0.2, -0.15) is 8.42 Å². The molecule has 0 radical (unpaired) electrons. The summed E-state index contributed by atoms with van der Waals surface area (Å²) >= 11 is 0. The summed E-state index contributed by atoms with van der Waals surface area (Å²) in [5, 5.41) is 31.0. The van der Waals surface area contributed by atoms with E-state index in [1.165, 1.54) is 154 Å². The lowest BCUT2D eigenvalue weighted by atomic mass is 10.00. The predicted molar refractivity (Wildman–Crippen MR) is 257 cm³/mol. The normalized spacial score (nSPS) is 19.6. The van der Waals surface area contributed by atoms with Crippen LogP contribution < -0.4 is 0 Å². The molecule has 0 saturated carbocycles. The second kappa shape index (κ2) is 41.6. The molecule has 4 N–H and O–H groups in total. The highest BCUT2D eigenvalue weighted by Gasteiger charge is 2.46. The number of unbranched alkanes of at least 4 members (excludes halogenated alkanes) is 31. The summed E-state index contributed by atoms with van der Waals surface area (Å²) in [6.45, 7) is 3.80. The average molecular weight is 933 g/mol. The molecule has 1 fully saturated rings. The molecule has 64 heavy (non-hydrogen) atoms. The molecule has 0 aliphatic carbocycles. The van der Waals surface area contributed by atoms with Gasteiger partial charge in [0.1, 0.15) is 36.8 Å². The minimum atomic E-state index is -4.60. The fraction of sp³-hybridized carbons (Fsp3) is 0.922. The van der Waals surface area contributed by atoms with Crippen LogP contribution in [-0.2, 0) is 38.7 Å². The van der Waals surface area contributed by atoms with Crippen LogP contribution in [0.2, 0.25) is 0 Å². The van der Waals surface area contributed by atoms with Crippen LogP contribution in [0.1, 0.15) is 245 Å². The van der Waals surface area contributed by atoms with E-state index in [0.29, 0.717) is 12.8 Å². The molecule has 1 aliphatic rings. The number of carbonyl (C=O) groups excluding carboxylic acids is 2. The first-order valence-electron chi connectivity index (χ1n) is 26.2. The number of carbonyl (C=O) groups is 2. The van der Waals surface area contributed by atoms with E-state index < -0.39 is 71.2 Å². The first kappa shape index (κ1) is 60.4. The third kappa shape index (κ3) is 35.6. The molecule has 0 aromatic heterocycles. The first-order chi connectivity index (χ1) is 31.0. The van der Waals surface area contributed by atoms with Gasteiger partial charge in [-0.1, -0.05) is 206 Å². The lowest BCUT2D eigenvalue weighted by Gasteiger charge is -2.40. The van der Waals surface area contributed by atoms with Gasteiger partial charge in [0, 0.05) is 12.8 Å². The number of rotatable bonds is 45. The summed E-state index contributed by atoms with van der Waals surface area (Å²) in [5.74, 6) is -1.97. The second-order valence-electron chi connectivity index (χ2n) is 18.5. The van der Waals surface area contributed by atoms with E-state index in [2.05, 4.69) is 26.0 Å². The van der Waals surface area contributed by atoms with Gasteiger partial charge in [-0.05, 0) is 38.5 Å². The summed E-state index contributed by atoms with van der Waals surface area (Å²) in [7, 11) is -4.60. The Morgan fingerprint density at radius 2 is 0.891 bits per heavy atom. The Kier molecular flexibility index (Phi) is 39.2. The van der Waals surface area contributed by atoms with E-state index >= 15 is 0 Å². The Morgan fingerprint density at radius 3 is 1.30 bits per heavy atom. The SMILES string of the molecule is CCCCCCCC/C=C\CCCCCCCCCC(=O)OC(COC(=O)CCCCCCCCCCCCCCCCCCCCC)COC1OC(CS(=O)(=O)O)C(O)C(O)C1O. The lowest BCUT2D eigenvalue weighted by Crippen LogP contribution is -2.60. The maximum atomic E-state index is 12.9. The van der Waals surface area contributed by atoms with Crippen LogP contribution >= 0.6 is 0 Å². The molecule has 1 aliphatic heterocycles. The van der Waals surface area contributed by atoms with Gasteiger partial charge in [0.25, 0.3) is 10.1 Å². The van der Waals surface area contributed by atoms with Crippen LogP contribution in [-0.4, -0.2) is 96.0 Å². The van der Waals surface area contributed by atoms with Crippen molar-refractivity contribution in [1.29, 1.82) is 0 Å². The van der Waals surface area contributed by atoms with Crippen molar-refractivity contribution in [2.45, 2.75) is 282 Å². The molecule has 0 spiro atoms. The highest BCUT2D eigenvalue weighted by molar-refractivity contribution is 7.85. The molecule has 12 nitrogen and oxygen atoms in total. The third-order valence-electron chi connectivity index (χ3n) is 12.3. The van der Waals surface area contributed by atoms with Crippen LogP contribution in [0.25, 0.3) is 0 Å². The summed E-state index contributed by atoms with van der Waals surface area (Å²) in [6.07, 6.45) is 36.8. The van der Waals surface area contributed by atoms with Crippen LogP contribution in [0.15, 0.2) is 12.2 Å². The number of esters is 2. The monoisotopic (exact) mass is 933 g/mol. The Balaban J connectivity index is 2.35. The van der Waals surface area contributed by atoms with Crippen LogP contribution in [0.3, 0.4) is 0 Å². The van der Waals surface area contributed by atoms with Crippen LogP contribution in [0.4, 0.5) is 0 Å². The van der Waals surface area contributed by atoms with E-state index in [9.17, 15) is 37.9 Å². The quantitative estimate of drug-likeness (QED) is 0.0196. The summed E-state index contributed by atoms with van der Waals surface area (Å²) in [4.78, 5) is 25.5. The molecule has 1 rings (SSSR count). The van der Waals surface area contributed by atoms with Crippen molar-refractivity contribution in [3.05, 3.63) is 12.2 Å². The van der Waals surface area contributed by atoms with Crippen molar-refractivity contribution in [2.75, 3.05) is 19.0 Å². The highest BCUT2D eigenvalue weighted by atomic mass is 32.2. The highest BCUT2D eigenvalue weighted by Crippen LogP contribution is 2.24. The molecule has 1 heterocycles. The third-order valence-corrected chi connectivity index (χ3v) is 13.1. The molecule has 6 atom stereocenters. The summed E-state index contributed by atoms with van der Waals surface area (Å²) in [5.41, 5.74) is 0. The zero-order valence-electron chi connectivity index (χ0n) is 40.7. The van der Waals surface area contributed by atoms with Gasteiger partial charge in [-0.3, -0.25) is 14.1 Å². The van der Waals surface area contributed by atoms with E-state index in [1.54, 1.807) is 0 Å². The molecular weight excluding hydrogens is 837 g/mol. The van der Waals surface area contributed by atoms with Crippen molar-refractivity contribution in [3.8, 4) is 0 Å². The molecule has 0 aromatic carbocycles. The Labute approximate surface area is 390 Å². The van der Waals surface area contributed by atoms with Crippen molar-refractivity contribution in [1.82, 2.24) is 0 Å². The number of aliphatic hydroxyl groups excluding tert-OH is 3. The molecule has 0 bridgehead atoms. The summed E-state index contributed by atoms with van der Waals surface area (Å²) in [6, 6.07) is 0. The number of allylic oxidation sites excluding steroid dienone is 2. The zero-order chi connectivity index (χ0) is 46.9. The van der Waals surface area contributed by atoms with Gasteiger partial charge < -0.3 is 34.3 Å². The number of hydrogen-bond donors (Lipinski definition) is 4. The topological polar surface area (TPSA) is 186 Å². The van der Waals surface area contributed by atoms with Gasteiger partial charge in [0.15, 0.2) is 12.4 Å². The van der Waals surface area contributed by atoms with E-state index in [1.807, 2.05) is 0 Å². The minimum Gasteiger partial charge on any atom is -0.462 e. The van der Waals surface area contributed by atoms with Crippen molar-refractivity contribution >= 4 is 22.1 Å². The molecule has 6 unspecified atom stereocenters. The molecule has 378 valence electrons. The van der Waals surface area contributed by atoms with Gasteiger partial charge in [-0.15, -0.1) is 0 Å². The Bertz CT molecular complexity index is 1230. The second-order valence-corrected chi connectivity index (χ2v) is 20.0. The standard InChI is InChI=1S/C51H96O12S/c1-3-5-7-9-11-13-15-17-19-21-22-24-25-27-29-31-33-35-37-39-46(52)60-41-44(42-61-51-50(56)49(55)48(54)45(63-51)43-64(57,58)59)62-47(53)40-38-36-34-32-30-28-26-23-20-18-16-14-12-10-8-6-4-2/h18,20,44-45,48-51,54-56H,3-17,19,21-43H2,1-2H3,(H,57,58,59)/b20-18-. The average Bonchev–Trinajstić information content (AvgIpc) is 3.26. The Hall–Kier alpha value is -1.61. The van der Waals surface area contributed by atoms with E-state index in [4.69, 9.17) is 18.9 Å². The molecular formula is C51H96O12S. The van der Waals surface area contributed by atoms with Crippen molar-refractivity contribution < 1.29 is 56.8 Å². The minimum absolute atomic E-state index is 0.164.